The number of hydrogen-bond acceptors (Lipinski definition) is 6. The predicted octanol–water partition coefficient (Wildman–Crippen LogP) is 6.75. The fourth-order valence-corrected chi connectivity index (χ4v) is 6.60. The normalized spacial score (nSPS) is 21.4. The Balaban J connectivity index is 1.48. The zero-order chi connectivity index (χ0) is 28.8. The molecule has 10 heteroatoms. The van der Waals surface area contributed by atoms with E-state index in [1.807, 2.05) is 32.0 Å². The fourth-order valence-electron chi connectivity index (χ4n) is 6.60. The van der Waals surface area contributed by atoms with Crippen molar-refractivity contribution in [2.24, 2.45) is 5.92 Å². The number of hydrogen-bond donors (Lipinski definition) is 0. The number of aromatic nitrogens is 3. The smallest absolute Gasteiger partial charge is 0.308 e. The summed E-state index contributed by atoms with van der Waals surface area (Å²) in [6, 6.07) is 9.22. The van der Waals surface area contributed by atoms with Gasteiger partial charge >= 0.3 is 5.97 Å². The molecule has 4 aromatic rings. The zero-order valence-corrected chi connectivity index (χ0v) is 23.3. The van der Waals surface area contributed by atoms with E-state index in [0.717, 1.165) is 52.8 Å². The van der Waals surface area contributed by atoms with Gasteiger partial charge in [0.2, 0.25) is 5.91 Å². The van der Waals surface area contributed by atoms with E-state index in [9.17, 15) is 18.4 Å². The predicted molar refractivity (Wildman–Crippen MR) is 148 cm³/mol. The number of nitrogens with zero attached hydrogens (tertiary/aromatic N) is 4. The number of carbonyl (C=O) groups is 2. The third-order valence-corrected chi connectivity index (χ3v) is 8.56. The van der Waals surface area contributed by atoms with E-state index >= 15 is 0 Å². The van der Waals surface area contributed by atoms with E-state index in [4.69, 9.17) is 14.2 Å². The molecule has 1 atom stereocenters. The summed E-state index contributed by atoms with van der Waals surface area (Å²) in [5.74, 6) is -1.03. The van der Waals surface area contributed by atoms with Crippen LogP contribution < -0.4 is 4.90 Å². The van der Waals surface area contributed by atoms with Crippen molar-refractivity contribution in [2.75, 3.05) is 12.0 Å². The minimum absolute atomic E-state index is 0.0460. The standard InChI is InChI=1S/C31H32F2N4O4/c1-17-29(18(2)41-35-17)20-9-14-26-25(15-20)34-30(37(26)21-10-7-19(8-11-21)31(39)40-3)27-5-4-6-28(38)36(27)22-12-13-23(32)24(33)16-22/h9,12-16,19,21,27H,4-8,10-11H2,1-3H3/t19-,21-,27-/m0/s1. The molecule has 2 fully saturated rings. The third kappa shape index (κ3) is 4.79. The molecule has 1 saturated heterocycles. The van der Waals surface area contributed by atoms with Crippen molar-refractivity contribution in [1.29, 1.82) is 0 Å². The highest BCUT2D eigenvalue weighted by molar-refractivity contribution is 5.95. The van der Waals surface area contributed by atoms with Gasteiger partial charge in [-0.05, 0) is 82.2 Å². The highest BCUT2D eigenvalue weighted by Crippen LogP contribution is 2.42. The molecule has 1 amide bonds. The molecule has 214 valence electrons. The molecule has 0 spiro atoms. The lowest BCUT2D eigenvalue weighted by Gasteiger charge is -2.37. The molecule has 0 bridgehead atoms. The lowest BCUT2D eigenvalue weighted by atomic mass is 9.85. The molecule has 2 aromatic heterocycles. The van der Waals surface area contributed by atoms with E-state index in [2.05, 4.69) is 9.72 Å². The van der Waals surface area contributed by atoms with Crippen LogP contribution in [0.2, 0.25) is 0 Å². The topological polar surface area (TPSA) is 90.5 Å². The quantitative estimate of drug-likeness (QED) is 0.250. The van der Waals surface area contributed by atoms with Gasteiger partial charge in [0.25, 0.3) is 0 Å². The second-order valence-electron chi connectivity index (χ2n) is 11.0. The number of amides is 1. The molecule has 8 nitrogen and oxygen atoms in total. The molecule has 2 aliphatic rings. The monoisotopic (exact) mass is 562 g/mol. The first-order valence-corrected chi connectivity index (χ1v) is 14.1. The van der Waals surface area contributed by atoms with Gasteiger partial charge < -0.3 is 18.7 Å². The highest BCUT2D eigenvalue weighted by atomic mass is 19.2. The largest absolute Gasteiger partial charge is 0.469 e. The molecule has 1 aliphatic heterocycles. The van der Waals surface area contributed by atoms with Crippen LogP contribution in [-0.4, -0.2) is 33.7 Å². The summed E-state index contributed by atoms with van der Waals surface area (Å²) < 4.78 is 40.7. The summed E-state index contributed by atoms with van der Waals surface area (Å²) in [4.78, 5) is 32.2. The van der Waals surface area contributed by atoms with Crippen LogP contribution in [0.25, 0.3) is 22.2 Å². The number of methoxy groups -OCH3 is 1. The van der Waals surface area contributed by atoms with E-state index in [-0.39, 0.29) is 23.8 Å². The number of rotatable bonds is 5. The Morgan fingerprint density at radius 1 is 1.02 bits per heavy atom. The molecule has 0 unspecified atom stereocenters. The number of aryl methyl sites for hydroxylation is 2. The first-order valence-electron chi connectivity index (χ1n) is 14.1. The van der Waals surface area contributed by atoms with Gasteiger partial charge in [-0.3, -0.25) is 9.59 Å². The van der Waals surface area contributed by atoms with E-state index < -0.39 is 17.7 Å². The first-order chi connectivity index (χ1) is 19.8. The summed E-state index contributed by atoms with van der Waals surface area (Å²) in [7, 11) is 1.42. The van der Waals surface area contributed by atoms with E-state index in [1.165, 1.54) is 13.2 Å². The number of esters is 1. The van der Waals surface area contributed by atoms with Crippen molar-refractivity contribution in [2.45, 2.75) is 70.9 Å². The number of imidazole rings is 1. The minimum Gasteiger partial charge on any atom is -0.469 e. The van der Waals surface area contributed by atoms with Gasteiger partial charge in [-0.25, -0.2) is 13.8 Å². The van der Waals surface area contributed by atoms with Crippen molar-refractivity contribution in [3.63, 3.8) is 0 Å². The SMILES string of the molecule is COC(=O)[C@H]1CC[C@H](n2c([C@@H]3CCCC(=O)N3c3ccc(F)c(F)c3)nc3cc(-c4c(C)noc4C)ccc32)CC1. The second-order valence-corrected chi connectivity index (χ2v) is 11.0. The second kappa shape index (κ2) is 10.7. The Bertz CT molecular complexity index is 1620. The summed E-state index contributed by atoms with van der Waals surface area (Å²) in [6.45, 7) is 3.77. The van der Waals surface area contributed by atoms with Crippen LogP contribution in [0.4, 0.5) is 14.5 Å². The Morgan fingerprint density at radius 2 is 1.80 bits per heavy atom. The van der Waals surface area contributed by atoms with Crippen LogP contribution in [-0.2, 0) is 14.3 Å². The minimum atomic E-state index is -1.00. The molecule has 0 N–H and O–H groups in total. The molecular formula is C31H32F2N4O4. The van der Waals surface area contributed by atoms with Gasteiger partial charge in [-0.2, -0.15) is 0 Å². The van der Waals surface area contributed by atoms with Gasteiger partial charge in [0.15, 0.2) is 11.6 Å². The Labute approximate surface area is 236 Å². The third-order valence-electron chi connectivity index (χ3n) is 8.56. The molecule has 0 radical (unpaired) electrons. The number of carbonyl (C=O) groups excluding carboxylic acids is 2. The highest BCUT2D eigenvalue weighted by Gasteiger charge is 2.37. The number of piperidine rings is 1. The maximum absolute atomic E-state index is 14.3. The molecule has 1 aliphatic carbocycles. The van der Waals surface area contributed by atoms with Crippen molar-refractivity contribution < 1.29 is 27.6 Å². The Hall–Kier alpha value is -4.08. The number of ether oxygens (including phenoxy) is 1. The summed E-state index contributed by atoms with van der Waals surface area (Å²) in [5, 5.41) is 4.10. The van der Waals surface area contributed by atoms with Crippen molar-refractivity contribution >= 4 is 28.6 Å². The Kier molecular flexibility index (Phi) is 7.09. The van der Waals surface area contributed by atoms with E-state index in [0.29, 0.717) is 49.4 Å². The maximum atomic E-state index is 14.3. The Morgan fingerprint density at radius 3 is 2.49 bits per heavy atom. The average Bonchev–Trinajstić information content (AvgIpc) is 3.52. The van der Waals surface area contributed by atoms with Crippen LogP contribution in [0.15, 0.2) is 40.9 Å². The maximum Gasteiger partial charge on any atom is 0.308 e. The molecular weight excluding hydrogens is 530 g/mol. The van der Waals surface area contributed by atoms with Crippen molar-refractivity contribution in [3.8, 4) is 11.1 Å². The van der Waals surface area contributed by atoms with Crippen LogP contribution in [0.5, 0.6) is 0 Å². The number of benzene rings is 2. The number of fused-ring (bicyclic) bond motifs is 1. The van der Waals surface area contributed by atoms with Gasteiger partial charge in [-0.1, -0.05) is 11.2 Å². The number of halogens is 2. The molecule has 1 saturated carbocycles. The van der Waals surface area contributed by atoms with Gasteiger partial charge in [-0.15, -0.1) is 0 Å². The van der Waals surface area contributed by atoms with Crippen LogP contribution in [0.1, 0.15) is 74.3 Å². The van der Waals surface area contributed by atoms with Crippen LogP contribution in [0, 0.1) is 31.4 Å². The van der Waals surface area contributed by atoms with Gasteiger partial charge in [0.05, 0.1) is 35.8 Å². The van der Waals surface area contributed by atoms with E-state index in [1.54, 1.807) is 4.90 Å². The van der Waals surface area contributed by atoms with Crippen LogP contribution in [0.3, 0.4) is 0 Å². The summed E-state index contributed by atoms with van der Waals surface area (Å²) in [5.41, 5.74) is 4.61. The lowest BCUT2D eigenvalue weighted by Crippen LogP contribution is -2.40. The molecule has 6 rings (SSSR count). The molecule has 3 heterocycles. The molecule has 2 aromatic carbocycles. The fraction of sp³-hybridized carbons (Fsp3) is 0.419. The lowest BCUT2D eigenvalue weighted by molar-refractivity contribution is -0.146. The van der Waals surface area contributed by atoms with Crippen molar-refractivity contribution in [3.05, 3.63) is 65.3 Å². The molecule has 41 heavy (non-hydrogen) atoms. The summed E-state index contributed by atoms with van der Waals surface area (Å²) in [6.07, 6.45) is 4.46. The van der Waals surface area contributed by atoms with Crippen LogP contribution >= 0.6 is 0 Å². The number of anilines is 1. The van der Waals surface area contributed by atoms with Crippen molar-refractivity contribution in [1.82, 2.24) is 14.7 Å². The zero-order valence-electron chi connectivity index (χ0n) is 23.3. The van der Waals surface area contributed by atoms with Gasteiger partial charge in [0, 0.05) is 29.8 Å². The first kappa shape index (κ1) is 27.1. The summed E-state index contributed by atoms with van der Waals surface area (Å²) >= 11 is 0. The average molecular weight is 563 g/mol. The van der Waals surface area contributed by atoms with Gasteiger partial charge in [0.1, 0.15) is 11.6 Å².